The van der Waals surface area contributed by atoms with E-state index in [4.69, 9.17) is 50.8 Å². The number of nitrogen functional groups attached to an aromatic ring is 2. The summed E-state index contributed by atoms with van der Waals surface area (Å²) in [5, 5.41) is 11.8. The van der Waals surface area contributed by atoms with E-state index in [2.05, 4.69) is 29.9 Å². The Morgan fingerprint density at radius 1 is 1.16 bits per heavy atom. The minimum Gasteiger partial charge on any atom is -0.388 e. The molecule has 2 saturated carbocycles. The number of hydrogen-bond donors (Lipinski definition) is 5. The van der Waals surface area contributed by atoms with Gasteiger partial charge in [-0.2, -0.15) is 4.98 Å². The Labute approximate surface area is 282 Å². The van der Waals surface area contributed by atoms with Crippen LogP contribution < -0.4 is 17.0 Å². The third-order valence-corrected chi connectivity index (χ3v) is 13.4. The molecule has 49 heavy (non-hydrogen) atoms. The summed E-state index contributed by atoms with van der Waals surface area (Å²) in [6.07, 6.45) is -1.50. The van der Waals surface area contributed by atoms with Gasteiger partial charge in [-0.15, -0.1) is 0 Å². The Morgan fingerprint density at radius 2 is 1.94 bits per heavy atom. The highest BCUT2D eigenvalue weighted by Gasteiger charge is 2.73. The van der Waals surface area contributed by atoms with Crippen molar-refractivity contribution in [1.29, 1.82) is 0 Å². The number of fused-ring (bicyclic) bond motifs is 4. The van der Waals surface area contributed by atoms with E-state index < -0.39 is 68.1 Å². The fourth-order valence-corrected chi connectivity index (χ4v) is 11.2. The van der Waals surface area contributed by atoms with Crippen molar-refractivity contribution in [2.75, 3.05) is 38.0 Å². The summed E-state index contributed by atoms with van der Waals surface area (Å²) in [6, 6.07) is -0.598. The van der Waals surface area contributed by atoms with Crippen LogP contribution in [0.3, 0.4) is 0 Å². The lowest BCUT2D eigenvalue weighted by Crippen LogP contribution is -2.37. The van der Waals surface area contributed by atoms with Crippen molar-refractivity contribution in [1.82, 2.24) is 39.0 Å². The summed E-state index contributed by atoms with van der Waals surface area (Å²) >= 11 is 5.48. The standard InChI is InChI=1S/C26H34N10O10P2S/c1-3-42-47(39)5-4-26-6-11(26)15(35-9-31-13-20(27)29-8-30-21(13)35)16(37)19(26)46-48(40,49)43-7-12-17(41-2)18(45-47)24(44-12)36-10-32-14-22(36)33-25(28)34-23(14)38/h8-12,15-19,24,37H,3-7H2,1-2H3,(H,40,49)(H2,27,29,30)(H3,28,33,34,38)/t11-,12-,15-,16+,17-,18-,19+,24-,26+,47-,48?/m1/s1. The number of hydrogen-bond acceptors (Lipinski definition) is 17. The SMILES string of the molecule is CCO[P@]1(=O)CC[C@]23C[C@@H]2[C@@H](n2cnc4c(N)ncnc42)[C@H](O)[C@@H]3OP(O)(=S)OC[C@H]2O[C@@H](n3cnc4c(=O)[nH]c(N)nc43)[C@H](O1)[C@@H]2OC. The number of imidazole rings is 2. The van der Waals surface area contributed by atoms with Crippen LogP contribution in [0, 0.1) is 11.3 Å². The number of nitrogens with two attached hydrogens (primary N) is 2. The van der Waals surface area contributed by atoms with Crippen molar-refractivity contribution in [3.05, 3.63) is 29.3 Å². The molecule has 7 N–H and O–H groups in total. The van der Waals surface area contributed by atoms with E-state index >= 15 is 0 Å². The summed E-state index contributed by atoms with van der Waals surface area (Å²) in [4.78, 5) is 47.5. The van der Waals surface area contributed by atoms with E-state index in [0.717, 1.165) is 0 Å². The molecule has 4 aliphatic rings. The van der Waals surface area contributed by atoms with Crippen LogP contribution in [0.4, 0.5) is 11.8 Å². The molecule has 264 valence electrons. The molecule has 0 radical (unpaired) electrons. The molecule has 23 heteroatoms. The summed E-state index contributed by atoms with van der Waals surface area (Å²) in [7, 11) is -2.55. The second kappa shape index (κ2) is 11.8. The minimum atomic E-state index is -4.05. The number of aliphatic hydroxyl groups excluding tert-OH is 1. The zero-order chi connectivity index (χ0) is 34.5. The fraction of sp³-hybridized carbons (Fsp3) is 0.615. The van der Waals surface area contributed by atoms with Gasteiger partial charge in [0.05, 0.1) is 38.1 Å². The molecule has 2 aliphatic carbocycles. The summed E-state index contributed by atoms with van der Waals surface area (Å²) < 4.78 is 54.2. The van der Waals surface area contributed by atoms with E-state index in [1.54, 1.807) is 11.5 Å². The van der Waals surface area contributed by atoms with Crippen molar-refractivity contribution < 1.29 is 42.1 Å². The number of aromatic amines is 1. The van der Waals surface area contributed by atoms with E-state index in [9.17, 15) is 19.4 Å². The van der Waals surface area contributed by atoms with Crippen LogP contribution >= 0.6 is 14.3 Å². The van der Waals surface area contributed by atoms with Crippen molar-refractivity contribution in [3.8, 4) is 0 Å². The molecule has 2 bridgehead atoms. The first kappa shape index (κ1) is 33.2. The van der Waals surface area contributed by atoms with Gasteiger partial charge in [0.2, 0.25) is 5.95 Å². The number of anilines is 2. The maximum atomic E-state index is 14.7. The van der Waals surface area contributed by atoms with Gasteiger partial charge in [0.1, 0.15) is 42.4 Å². The number of ether oxygens (including phenoxy) is 2. The lowest BCUT2D eigenvalue weighted by Gasteiger charge is -2.32. The summed E-state index contributed by atoms with van der Waals surface area (Å²) in [6.45, 7) is -2.64. The molecule has 0 amide bonds. The van der Waals surface area contributed by atoms with Crippen LogP contribution in [-0.2, 0) is 43.9 Å². The number of H-pyrrole nitrogens is 1. The van der Waals surface area contributed by atoms with Crippen LogP contribution in [0.25, 0.3) is 22.3 Å². The summed E-state index contributed by atoms with van der Waals surface area (Å²) in [5.74, 6) is -0.182. The van der Waals surface area contributed by atoms with E-state index in [-0.39, 0.29) is 54.6 Å². The predicted molar refractivity (Wildman–Crippen MR) is 174 cm³/mol. The smallest absolute Gasteiger partial charge is 0.331 e. The molecule has 4 aromatic heterocycles. The number of methoxy groups -OCH3 is 1. The van der Waals surface area contributed by atoms with Gasteiger partial charge in [0.15, 0.2) is 28.9 Å². The Kier molecular flexibility index (Phi) is 8.01. The Hall–Kier alpha value is -2.94. The zero-order valence-corrected chi connectivity index (χ0v) is 28.7. The zero-order valence-electron chi connectivity index (χ0n) is 26.1. The molecule has 11 atom stereocenters. The third kappa shape index (κ3) is 5.34. The first-order valence-electron chi connectivity index (χ1n) is 15.5. The monoisotopic (exact) mass is 740 g/mol. The number of nitrogens with zero attached hydrogens (tertiary/aromatic N) is 7. The van der Waals surface area contributed by atoms with E-state index in [0.29, 0.717) is 17.6 Å². The summed E-state index contributed by atoms with van der Waals surface area (Å²) in [5.41, 5.74) is 11.4. The van der Waals surface area contributed by atoms with Crippen LogP contribution in [0.1, 0.15) is 32.0 Å². The maximum absolute atomic E-state index is 14.7. The van der Waals surface area contributed by atoms with Crippen LogP contribution in [0.2, 0.25) is 0 Å². The van der Waals surface area contributed by atoms with Gasteiger partial charge in [0, 0.05) is 12.5 Å². The number of rotatable bonds is 5. The van der Waals surface area contributed by atoms with Crippen LogP contribution in [0.5, 0.6) is 0 Å². The molecule has 2 aliphatic heterocycles. The molecule has 4 aromatic rings. The highest BCUT2D eigenvalue weighted by Crippen LogP contribution is 2.74. The number of aromatic nitrogens is 8. The molecule has 1 unspecified atom stereocenters. The van der Waals surface area contributed by atoms with E-state index in [1.807, 2.05) is 0 Å². The molecule has 0 aromatic carbocycles. The average Bonchev–Trinajstić information content (AvgIpc) is 3.35. The van der Waals surface area contributed by atoms with Gasteiger partial charge in [-0.05, 0) is 37.5 Å². The van der Waals surface area contributed by atoms with E-state index in [1.165, 1.54) is 30.7 Å². The normalized spacial score (nSPS) is 39.3. The fourth-order valence-electron chi connectivity index (χ4n) is 7.75. The van der Waals surface area contributed by atoms with Gasteiger partial charge in [-0.25, -0.2) is 19.9 Å². The minimum absolute atomic E-state index is 0.00838. The first-order valence-corrected chi connectivity index (χ1v) is 19.8. The van der Waals surface area contributed by atoms with Crippen molar-refractivity contribution in [3.63, 3.8) is 0 Å². The molecule has 2 saturated heterocycles. The molecule has 1 spiro atoms. The molecule has 4 fully saturated rings. The molecular formula is C26H34N10O10P2S. The predicted octanol–water partition coefficient (Wildman–Crippen LogP) is 0.595. The van der Waals surface area contributed by atoms with Gasteiger partial charge in [-0.3, -0.25) is 23.4 Å². The Bertz CT molecular complexity index is 2100. The third-order valence-electron chi connectivity index (χ3n) is 9.92. The first-order chi connectivity index (χ1) is 23.4. The lowest BCUT2D eigenvalue weighted by atomic mass is 9.96. The van der Waals surface area contributed by atoms with Gasteiger partial charge < -0.3 is 49.1 Å². The van der Waals surface area contributed by atoms with Gasteiger partial charge >= 0.3 is 14.3 Å². The molecule has 6 heterocycles. The van der Waals surface area contributed by atoms with Gasteiger partial charge in [-0.1, -0.05) is 0 Å². The van der Waals surface area contributed by atoms with Crippen molar-refractivity contribution >= 4 is 60.2 Å². The van der Waals surface area contributed by atoms with Gasteiger partial charge in [0.25, 0.3) is 5.56 Å². The largest absolute Gasteiger partial charge is 0.388 e. The van der Waals surface area contributed by atoms with Crippen LogP contribution in [-0.4, -0.2) is 106 Å². The Morgan fingerprint density at radius 3 is 2.71 bits per heavy atom. The quantitative estimate of drug-likeness (QED) is 0.175. The molecular weight excluding hydrogens is 706 g/mol. The molecule has 20 nitrogen and oxygen atoms in total. The number of aliphatic hydroxyl groups is 1. The average molecular weight is 741 g/mol. The Balaban J connectivity index is 1.18. The highest BCUT2D eigenvalue weighted by atomic mass is 32.5. The lowest BCUT2D eigenvalue weighted by molar-refractivity contribution is -0.0574. The molecule has 8 rings (SSSR count). The van der Waals surface area contributed by atoms with Crippen molar-refractivity contribution in [2.24, 2.45) is 11.3 Å². The van der Waals surface area contributed by atoms with Crippen molar-refractivity contribution in [2.45, 2.75) is 62.6 Å². The number of nitrogens with one attached hydrogen (secondary N) is 1. The highest BCUT2D eigenvalue weighted by molar-refractivity contribution is 8.07. The second-order valence-electron chi connectivity index (χ2n) is 12.5. The van der Waals surface area contributed by atoms with Crippen LogP contribution in [0.15, 0.2) is 23.8 Å². The topological polar surface area (TPSA) is 272 Å². The second-order valence-corrected chi connectivity index (χ2v) is 17.4. The maximum Gasteiger partial charge on any atom is 0.331 e.